The number of nitrogens with two attached hydrogens (primary N) is 1. The second-order valence-corrected chi connectivity index (χ2v) is 5.23. The van der Waals surface area contributed by atoms with Crippen molar-refractivity contribution in [3.8, 4) is 11.4 Å². The van der Waals surface area contributed by atoms with Crippen molar-refractivity contribution in [3.63, 3.8) is 0 Å². The van der Waals surface area contributed by atoms with Gasteiger partial charge in [-0.3, -0.25) is 9.59 Å². The van der Waals surface area contributed by atoms with E-state index < -0.39 is 51.8 Å². The zero-order chi connectivity index (χ0) is 20.5. The summed E-state index contributed by atoms with van der Waals surface area (Å²) in [6.45, 7) is -0.641. The minimum absolute atomic E-state index is 0.0663. The molecular weight excluding hydrogens is 402 g/mol. The summed E-state index contributed by atoms with van der Waals surface area (Å²) >= 11 is 5.68. The minimum atomic E-state index is -5.26. The third-order valence-corrected chi connectivity index (χ3v) is 3.44. The zero-order valence-corrected chi connectivity index (χ0v) is 13.6. The Kier molecular flexibility index (Phi) is 5.40. The molecule has 0 spiro atoms. The van der Waals surface area contributed by atoms with Crippen molar-refractivity contribution >= 4 is 23.9 Å². The molecule has 1 heterocycles. The number of primary amides is 1. The molecule has 0 fully saturated rings. The van der Waals surface area contributed by atoms with Crippen LogP contribution in [0.4, 0.5) is 22.4 Å². The summed E-state index contributed by atoms with van der Waals surface area (Å²) in [4.78, 5) is 45.9. The maximum atomic E-state index is 14.2. The van der Waals surface area contributed by atoms with Gasteiger partial charge in [0, 0.05) is 12.1 Å². The number of carbonyl (C=O) groups is 1. The van der Waals surface area contributed by atoms with Gasteiger partial charge in [-0.15, -0.1) is 0 Å². The number of hydrogen-bond acceptors (Lipinski definition) is 5. The Morgan fingerprint density at radius 1 is 1.26 bits per heavy atom. The molecule has 2 N–H and O–H groups in total. The molecular formula is C14H7ClF4N3O5. The average Bonchev–Trinajstić information content (AvgIpc) is 2.53. The van der Waals surface area contributed by atoms with Crippen LogP contribution in [0.2, 0.25) is 5.02 Å². The fraction of sp³-hybridized carbons (Fsp3) is 0.143. The molecule has 2 rings (SSSR count). The van der Waals surface area contributed by atoms with Gasteiger partial charge in [-0.2, -0.15) is 13.2 Å². The summed E-state index contributed by atoms with van der Waals surface area (Å²) in [5.74, 6) is -1.66. The molecule has 1 amide bonds. The Bertz CT molecular complexity index is 1040. The molecule has 8 nitrogen and oxygen atoms in total. The van der Waals surface area contributed by atoms with E-state index in [1.165, 1.54) is 6.29 Å². The SMILES string of the molecule is NC(=O)n1c(C(F)(F)F)cc(=O)n(-c2cc(OC[C]=O)c(Cl)cc2F)c1=O. The number of hydrogen-bond donors (Lipinski definition) is 1. The van der Waals surface area contributed by atoms with Gasteiger partial charge in [-0.1, -0.05) is 11.6 Å². The van der Waals surface area contributed by atoms with E-state index in [-0.39, 0.29) is 21.4 Å². The smallest absolute Gasteiger partial charge is 0.432 e. The first-order valence-electron chi connectivity index (χ1n) is 6.72. The lowest BCUT2D eigenvalue weighted by Crippen LogP contribution is -2.46. The number of amides is 1. The van der Waals surface area contributed by atoms with Crippen molar-refractivity contribution < 1.29 is 31.9 Å². The fourth-order valence-electron chi connectivity index (χ4n) is 2.09. The number of alkyl halides is 3. The van der Waals surface area contributed by atoms with Crippen molar-refractivity contribution in [3.05, 3.63) is 55.6 Å². The van der Waals surface area contributed by atoms with Gasteiger partial charge in [-0.05, 0) is 6.07 Å². The van der Waals surface area contributed by atoms with Crippen LogP contribution in [0.1, 0.15) is 5.69 Å². The molecule has 0 saturated heterocycles. The van der Waals surface area contributed by atoms with Gasteiger partial charge in [0.2, 0.25) is 6.29 Å². The molecule has 0 bridgehead atoms. The van der Waals surface area contributed by atoms with E-state index in [9.17, 15) is 36.7 Å². The Morgan fingerprint density at radius 3 is 2.41 bits per heavy atom. The molecule has 2 aromatic rings. The molecule has 0 saturated carbocycles. The Labute approximate surface area is 151 Å². The molecule has 0 atom stereocenters. The van der Waals surface area contributed by atoms with Gasteiger partial charge >= 0.3 is 17.9 Å². The van der Waals surface area contributed by atoms with E-state index in [2.05, 4.69) is 0 Å². The van der Waals surface area contributed by atoms with Gasteiger partial charge in [0.1, 0.15) is 17.3 Å². The summed E-state index contributed by atoms with van der Waals surface area (Å²) < 4.78 is 57.3. The highest BCUT2D eigenvalue weighted by Crippen LogP contribution is 2.30. The molecule has 0 aliphatic rings. The molecule has 0 aliphatic heterocycles. The van der Waals surface area contributed by atoms with E-state index in [1.54, 1.807) is 0 Å². The number of halogens is 5. The summed E-state index contributed by atoms with van der Waals surface area (Å²) in [6, 6.07) is -0.659. The summed E-state index contributed by atoms with van der Waals surface area (Å²) in [5.41, 5.74) is -1.47. The topological polar surface area (TPSA) is 113 Å². The maximum absolute atomic E-state index is 14.2. The number of benzene rings is 1. The van der Waals surface area contributed by atoms with E-state index in [1.807, 2.05) is 0 Å². The predicted molar refractivity (Wildman–Crippen MR) is 82.4 cm³/mol. The largest absolute Gasteiger partial charge is 0.484 e. The maximum Gasteiger partial charge on any atom is 0.432 e. The molecule has 13 heteroatoms. The Morgan fingerprint density at radius 2 is 1.89 bits per heavy atom. The number of nitrogens with zero attached hydrogens (tertiary/aromatic N) is 2. The number of carbonyl (C=O) groups excluding carboxylic acids is 2. The molecule has 1 radical (unpaired) electrons. The van der Waals surface area contributed by atoms with Crippen molar-refractivity contribution in [2.45, 2.75) is 6.18 Å². The van der Waals surface area contributed by atoms with Crippen molar-refractivity contribution in [2.24, 2.45) is 5.73 Å². The third-order valence-electron chi connectivity index (χ3n) is 3.14. The first-order chi connectivity index (χ1) is 12.5. The van der Waals surface area contributed by atoms with Crippen molar-refractivity contribution in [1.29, 1.82) is 0 Å². The molecule has 0 aliphatic carbocycles. The van der Waals surface area contributed by atoms with Crippen molar-refractivity contribution in [2.75, 3.05) is 6.61 Å². The van der Waals surface area contributed by atoms with Crippen LogP contribution in [-0.2, 0) is 11.0 Å². The van der Waals surface area contributed by atoms with Gasteiger partial charge in [0.15, 0.2) is 6.61 Å². The normalized spacial score (nSPS) is 11.3. The summed E-state index contributed by atoms with van der Waals surface area (Å²) in [5, 5.41) is -0.360. The molecule has 1 aromatic carbocycles. The highest BCUT2D eigenvalue weighted by molar-refractivity contribution is 6.32. The lowest BCUT2D eigenvalue weighted by Gasteiger charge is -2.15. The summed E-state index contributed by atoms with van der Waals surface area (Å²) in [6.07, 6.45) is -3.92. The van der Waals surface area contributed by atoms with Gasteiger partial charge < -0.3 is 10.5 Å². The first-order valence-corrected chi connectivity index (χ1v) is 7.10. The standard InChI is InChI=1S/C14H7ClF4N3O5/c15-6-3-7(16)8(4-9(6)27-2-1-23)21-11(24)5-10(14(17,18)19)22(12(20)25)13(21)26/h3-5H,2H2,(H2,20,25). The predicted octanol–water partition coefficient (Wildman–Crippen LogP) is 1.23. The van der Waals surface area contributed by atoms with E-state index in [0.29, 0.717) is 12.1 Å². The average molecular weight is 409 g/mol. The van der Waals surface area contributed by atoms with Gasteiger partial charge in [0.25, 0.3) is 5.56 Å². The minimum Gasteiger partial charge on any atom is -0.484 e. The van der Waals surface area contributed by atoms with E-state index in [0.717, 1.165) is 0 Å². The first kappa shape index (κ1) is 20.2. The van der Waals surface area contributed by atoms with E-state index >= 15 is 0 Å². The molecule has 1 aromatic heterocycles. The Balaban J connectivity index is 2.87. The monoisotopic (exact) mass is 408 g/mol. The highest BCUT2D eigenvalue weighted by atomic mass is 35.5. The third kappa shape index (κ3) is 3.84. The van der Waals surface area contributed by atoms with Crippen LogP contribution >= 0.6 is 11.6 Å². The molecule has 27 heavy (non-hydrogen) atoms. The fourth-order valence-corrected chi connectivity index (χ4v) is 2.30. The van der Waals surface area contributed by atoms with Crippen LogP contribution in [0.15, 0.2) is 27.8 Å². The van der Waals surface area contributed by atoms with Crippen molar-refractivity contribution in [1.82, 2.24) is 9.13 Å². The quantitative estimate of drug-likeness (QED) is 0.764. The number of ether oxygens (including phenoxy) is 1. The van der Waals surface area contributed by atoms with Gasteiger partial charge in [0.05, 0.1) is 10.7 Å². The van der Waals surface area contributed by atoms with Crippen LogP contribution in [0.5, 0.6) is 5.75 Å². The van der Waals surface area contributed by atoms with Crippen LogP contribution in [0.3, 0.4) is 0 Å². The second-order valence-electron chi connectivity index (χ2n) is 4.82. The second kappa shape index (κ2) is 7.23. The van der Waals surface area contributed by atoms with Gasteiger partial charge in [-0.25, -0.2) is 23.1 Å². The number of rotatable bonds is 4. The summed E-state index contributed by atoms with van der Waals surface area (Å²) in [7, 11) is 0. The number of aromatic nitrogens is 2. The highest BCUT2D eigenvalue weighted by Gasteiger charge is 2.37. The van der Waals surface area contributed by atoms with Crippen LogP contribution < -0.4 is 21.7 Å². The van der Waals surface area contributed by atoms with Crippen LogP contribution in [-0.4, -0.2) is 28.1 Å². The Hall–Kier alpha value is -3.15. The molecule has 143 valence electrons. The zero-order valence-electron chi connectivity index (χ0n) is 12.8. The lowest BCUT2D eigenvalue weighted by atomic mass is 10.2. The van der Waals surface area contributed by atoms with Crippen LogP contribution in [0, 0.1) is 5.82 Å². The van der Waals surface area contributed by atoms with E-state index in [4.69, 9.17) is 22.1 Å². The van der Waals surface area contributed by atoms with Crippen LogP contribution in [0.25, 0.3) is 5.69 Å². The molecule has 0 unspecified atom stereocenters. The lowest BCUT2D eigenvalue weighted by molar-refractivity contribution is -0.143.